The second-order valence-electron chi connectivity index (χ2n) is 7.23. The summed E-state index contributed by atoms with van der Waals surface area (Å²) in [5, 5.41) is 6.79. The maximum atomic E-state index is 4.50. The normalized spacial score (nSPS) is 11.0. The summed E-state index contributed by atoms with van der Waals surface area (Å²) in [6.07, 6.45) is 3.86. The first-order valence-electron chi connectivity index (χ1n) is 10.5. The predicted octanol–water partition coefficient (Wildman–Crippen LogP) is 4.05. The number of likely N-dealkylation sites (N-methyl/N-ethyl adjacent to an activating group) is 1. The molecule has 0 amide bonds. The average Bonchev–Trinajstić information content (AvgIpc) is 3.21. The monoisotopic (exact) mass is 532 g/mol. The van der Waals surface area contributed by atoms with Gasteiger partial charge in [0.25, 0.3) is 0 Å². The molecule has 0 radical (unpaired) electrons. The minimum atomic E-state index is 0. The Morgan fingerprint density at radius 1 is 1.10 bits per heavy atom. The van der Waals surface area contributed by atoms with Crippen LogP contribution in [0.2, 0.25) is 0 Å². The van der Waals surface area contributed by atoms with Crippen LogP contribution in [-0.2, 0) is 13.1 Å². The summed E-state index contributed by atoms with van der Waals surface area (Å²) in [4.78, 5) is 11.2. The van der Waals surface area contributed by atoms with Crippen molar-refractivity contribution in [3.8, 4) is 0 Å². The molecule has 0 aliphatic rings. The molecule has 166 valence electrons. The fourth-order valence-electron chi connectivity index (χ4n) is 3.42. The van der Waals surface area contributed by atoms with Crippen molar-refractivity contribution in [2.45, 2.75) is 26.9 Å². The number of anilines is 1. The fourth-order valence-corrected chi connectivity index (χ4v) is 3.42. The first-order chi connectivity index (χ1) is 14.7. The summed E-state index contributed by atoms with van der Waals surface area (Å²) in [5.74, 6) is 1.77. The number of aromatic nitrogens is 2. The summed E-state index contributed by atoms with van der Waals surface area (Å²) in [6.45, 7) is 8.42. The molecular formula is C24H33IN6. The van der Waals surface area contributed by atoms with Gasteiger partial charge >= 0.3 is 0 Å². The highest BCUT2D eigenvalue weighted by atomic mass is 127. The molecule has 0 atom stereocenters. The largest absolute Gasteiger partial charge is 0.370 e. The lowest BCUT2D eigenvalue weighted by atomic mass is 10.2. The van der Waals surface area contributed by atoms with Gasteiger partial charge < -0.3 is 20.1 Å². The summed E-state index contributed by atoms with van der Waals surface area (Å²) in [6, 6.07) is 19.0. The van der Waals surface area contributed by atoms with Gasteiger partial charge in [-0.3, -0.25) is 4.99 Å². The van der Waals surface area contributed by atoms with E-state index in [1.807, 2.05) is 18.5 Å². The van der Waals surface area contributed by atoms with Crippen LogP contribution in [0, 0.1) is 6.92 Å². The second kappa shape index (κ2) is 13.0. The first-order valence-corrected chi connectivity index (χ1v) is 10.5. The lowest BCUT2D eigenvalue weighted by Gasteiger charge is -2.24. The number of nitrogens with zero attached hydrogens (tertiary/aromatic N) is 4. The molecule has 0 fully saturated rings. The molecule has 2 aromatic carbocycles. The Morgan fingerprint density at radius 2 is 1.90 bits per heavy atom. The van der Waals surface area contributed by atoms with E-state index in [4.69, 9.17) is 0 Å². The van der Waals surface area contributed by atoms with Crippen LogP contribution in [-0.4, -0.2) is 42.2 Å². The van der Waals surface area contributed by atoms with E-state index in [2.05, 4.69) is 92.5 Å². The van der Waals surface area contributed by atoms with Crippen LogP contribution in [0.5, 0.6) is 0 Å². The van der Waals surface area contributed by atoms with Crippen molar-refractivity contribution in [3.05, 3.63) is 83.9 Å². The number of rotatable bonds is 9. The van der Waals surface area contributed by atoms with Crippen molar-refractivity contribution in [2.24, 2.45) is 4.99 Å². The van der Waals surface area contributed by atoms with Crippen molar-refractivity contribution in [1.82, 2.24) is 20.2 Å². The minimum Gasteiger partial charge on any atom is -0.370 e. The molecule has 1 aromatic heterocycles. The molecule has 0 bridgehead atoms. The van der Waals surface area contributed by atoms with Crippen LogP contribution in [0.15, 0.2) is 72.0 Å². The second-order valence-corrected chi connectivity index (χ2v) is 7.23. The van der Waals surface area contributed by atoms with E-state index in [-0.39, 0.29) is 24.0 Å². The maximum absolute atomic E-state index is 4.50. The summed E-state index contributed by atoms with van der Waals surface area (Å²) in [7, 11) is 1.80. The van der Waals surface area contributed by atoms with E-state index in [0.717, 1.165) is 38.0 Å². The van der Waals surface area contributed by atoms with Gasteiger partial charge in [0.05, 0.1) is 6.54 Å². The first kappa shape index (κ1) is 24.7. The molecule has 0 unspecified atom stereocenters. The van der Waals surface area contributed by atoms with E-state index in [1.165, 1.54) is 16.8 Å². The molecule has 31 heavy (non-hydrogen) atoms. The van der Waals surface area contributed by atoms with Gasteiger partial charge in [-0.1, -0.05) is 42.5 Å². The number of benzene rings is 2. The van der Waals surface area contributed by atoms with E-state index >= 15 is 0 Å². The van der Waals surface area contributed by atoms with Gasteiger partial charge in [0.15, 0.2) is 5.96 Å². The number of hydrogen-bond donors (Lipinski definition) is 2. The number of halogens is 1. The number of nitrogens with one attached hydrogen (secondary N) is 2. The zero-order valence-corrected chi connectivity index (χ0v) is 20.9. The molecule has 1 heterocycles. The maximum Gasteiger partial charge on any atom is 0.191 e. The van der Waals surface area contributed by atoms with Gasteiger partial charge in [-0.15, -0.1) is 24.0 Å². The van der Waals surface area contributed by atoms with Gasteiger partial charge in [-0.2, -0.15) is 0 Å². The molecular weight excluding hydrogens is 499 g/mol. The topological polar surface area (TPSA) is 57.5 Å². The lowest BCUT2D eigenvalue weighted by molar-refractivity contribution is 0.684. The van der Waals surface area contributed by atoms with E-state index < -0.39 is 0 Å². The Labute approximate surface area is 202 Å². The van der Waals surface area contributed by atoms with Gasteiger partial charge in [0, 0.05) is 51.3 Å². The Kier molecular flexibility index (Phi) is 10.4. The third kappa shape index (κ3) is 7.57. The molecule has 0 aliphatic carbocycles. The fraction of sp³-hybridized carbons (Fsp3) is 0.333. The minimum absolute atomic E-state index is 0. The highest BCUT2D eigenvalue weighted by Gasteiger charge is 2.07. The van der Waals surface area contributed by atoms with Crippen molar-refractivity contribution < 1.29 is 0 Å². The number of aryl methyl sites for hydroxylation is 1. The quantitative estimate of drug-likeness (QED) is 0.248. The Balaban J connectivity index is 0.00000341. The van der Waals surface area contributed by atoms with Crippen LogP contribution < -0.4 is 15.5 Å². The SMILES string of the molecule is CCN(CCNC(=NC)NCc1nccn1Cc1ccccc1)c1cccc(C)c1.I. The third-order valence-electron chi connectivity index (χ3n) is 5.06. The van der Waals surface area contributed by atoms with Gasteiger partial charge in [-0.25, -0.2) is 4.98 Å². The third-order valence-corrected chi connectivity index (χ3v) is 5.06. The van der Waals surface area contributed by atoms with Gasteiger partial charge in [0.2, 0.25) is 0 Å². The van der Waals surface area contributed by atoms with Crippen LogP contribution >= 0.6 is 24.0 Å². The smallest absolute Gasteiger partial charge is 0.191 e. The van der Waals surface area contributed by atoms with Crippen LogP contribution in [0.25, 0.3) is 0 Å². The Bertz CT molecular complexity index is 938. The van der Waals surface area contributed by atoms with Crippen LogP contribution in [0.3, 0.4) is 0 Å². The van der Waals surface area contributed by atoms with Crippen molar-refractivity contribution in [2.75, 3.05) is 31.6 Å². The highest BCUT2D eigenvalue weighted by Crippen LogP contribution is 2.15. The van der Waals surface area contributed by atoms with E-state index in [0.29, 0.717) is 6.54 Å². The predicted molar refractivity (Wildman–Crippen MR) is 140 cm³/mol. The van der Waals surface area contributed by atoms with Crippen molar-refractivity contribution >= 4 is 35.6 Å². The highest BCUT2D eigenvalue weighted by molar-refractivity contribution is 14.0. The van der Waals surface area contributed by atoms with Crippen LogP contribution in [0.4, 0.5) is 5.69 Å². The number of aliphatic imine (C=N–C) groups is 1. The van der Waals surface area contributed by atoms with E-state index in [1.54, 1.807) is 7.05 Å². The zero-order chi connectivity index (χ0) is 21.2. The molecule has 3 rings (SSSR count). The number of hydrogen-bond acceptors (Lipinski definition) is 3. The summed E-state index contributed by atoms with van der Waals surface area (Å²) < 4.78 is 2.16. The molecule has 0 aliphatic heterocycles. The molecule has 0 saturated heterocycles. The molecule has 7 heteroatoms. The van der Waals surface area contributed by atoms with Crippen molar-refractivity contribution in [1.29, 1.82) is 0 Å². The van der Waals surface area contributed by atoms with Gasteiger partial charge in [-0.05, 0) is 37.1 Å². The standard InChI is InChI=1S/C24H32N6.HI/c1-4-29(22-12-8-9-20(2)17-22)15-14-27-24(25-3)28-18-23-26-13-16-30(23)19-21-10-6-5-7-11-21;/h5-13,16-17H,4,14-15,18-19H2,1-3H3,(H2,25,27,28);1H. The number of guanidine groups is 1. The lowest BCUT2D eigenvalue weighted by Crippen LogP contribution is -2.41. The summed E-state index contributed by atoms with van der Waals surface area (Å²) >= 11 is 0. The van der Waals surface area contributed by atoms with E-state index in [9.17, 15) is 0 Å². The Hall–Kier alpha value is -2.55. The molecule has 0 saturated carbocycles. The summed E-state index contributed by atoms with van der Waals surface area (Å²) in [5.41, 5.74) is 3.79. The van der Waals surface area contributed by atoms with Crippen molar-refractivity contribution in [3.63, 3.8) is 0 Å². The van der Waals surface area contributed by atoms with Gasteiger partial charge in [0.1, 0.15) is 5.82 Å². The average molecular weight is 532 g/mol. The molecule has 0 spiro atoms. The van der Waals surface area contributed by atoms with Crippen LogP contribution in [0.1, 0.15) is 23.9 Å². The zero-order valence-electron chi connectivity index (χ0n) is 18.6. The molecule has 2 N–H and O–H groups in total. The molecule has 6 nitrogen and oxygen atoms in total. The number of imidazole rings is 1. The Morgan fingerprint density at radius 3 is 2.61 bits per heavy atom. The molecule has 3 aromatic rings.